The highest BCUT2D eigenvalue weighted by molar-refractivity contribution is 5.82. The first-order valence-corrected chi connectivity index (χ1v) is 8.19. The van der Waals surface area contributed by atoms with E-state index in [1.54, 1.807) is 7.11 Å². The molecule has 0 aliphatic heterocycles. The second-order valence-electron chi connectivity index (χ2n) is 6.28. The van der Waals surface area contributed by atoms with Gasteiger partial charge in [-0.2, -0.15) is 0 Å². The predicted molar refractivity (Wildman–Crippen MR) is 94.5 cm³/mol. The Morgan fingerprint density at radius 1 is 1.00 bits per heavy atom. The second kappa shape index (κ2) is 8.50. The molecule has 2 rings (SSSR count). The summed E-state index contributed by atoms with van der Waals surface area (Å²) in [4.78, 5) is 14.1. The molecule has 0 fully saturated rings. The Labute approximate surface area is 144 Å². The van der Waals surface area contributed by atoms with Crippen molar-refractivity contribution in [2.24, 2.45) is 0 Å². The zero-order valence-corrected chi connectivity index (χ0v) is 14.8. The van der Waals surface area contributed by atoms with Crippen LogP contribution in [-0.4, -0.2) is 39.8 Å². The molecule has 0 aliphatic carbocycles. The van der Waals surface area contributed by atoms with Gasteiger partial charge in [-0.1, -0.05) is 42.5 Å². The van der Waals surface area contributed by atoms with E-state index in [4.69, 9.17) is 9.47 Å². The van der Waals surface area contributed by atoms with Crippen molar-refractivity contribution in [3.05, 3.63) is 65.7 Å². The van der Waals surface area contributed by atoms with Crippen molar-refractivity contribution in [3.8, 4) is 5.75 Å². The average Bonchev–Trinajstić information content (AvgIpc) is 2.56. The highest BCUT2D eigenvalue weighted by Crippen LogP contribution is 2.28. The molecule has 0 saturated carbocycles. The molecule has 128 valence electrons. The standard InChI is InChI=1S/C20H25NO3/c1-15(14-21(2)3)24-20(22)19(16-8-6-5-7-9-16)17-10-12-18(23-4)13-11-17/h5-13,15,19H,14H2,1-4H3/p+1/t15-,19+/m1/s1. The number of hydrogen-bond donors (Lipinski definition) is 1. The molecule has 0 amide bonds. The molecular weight excluding hydrogens is 302 g/mol. The maximum Gasteiger partial charge on any atom is 0.318 e. The number of carbonyl (C=O) groups excluding carboxylic acids is 1. The molecule has 0 heterocycles. The molecule has 4 heteroatoms. The smallest absolute Gasteiger partial charge is 0.318 e. The number of rotatable bonds is 7. The van der Waals surface area contributed by atoms with Crippen molar-refractivity contribution < 1.29 is 19.2 Å². The van der Waals surface area contributed by atoms with Gasteiger partial charge in [-0.15, -0.1) is 0 Å². The van der Waals surface area contributed by atoms with Crippen LogP contribution in [0.2, 0.25) is 0 Å². The van der Waals surface area contributed by atoms with Gasteiger partial charge in [0.05, 0.1) is 21.2 Å². The lowest BCUT2D eigenvalue weighted by Gasteiger charge is -2.21. The molecule has 2 aromatic rings. The second-order valence-corrected chi connectivity index (χ2v) is 6.28. The SMILES string of the molecule is COc1ccc([C@@H](C(=O)O[C@H](C)C[NH+](C)C)c2ccccc2)cc1. The first-order valence-electron chi connectivity index (χ1n) is 8.19. The highest BCUT2D eigenvalue weighted by atomic mass is 16.5. The lowest BCUT2D eigenvalue weighted by atomic mass is 9.91. The number of likely N-dealkylation sites (N-methyl/N-ethyl adjacent to an activating group) is 1. The van der Waals surface area contributed by atoms with Crippen LogP contribution in [0.3, 0.4) is 0 Å². The topological polar surface area (TPSA) is 40.0 Å². The minimum absolute atomic E-state index is 0.132. The first kappa shape index (κ1) is 18.0. The molecule has 0 aromatic heterocycles. The van der Waals surface area contributed by atoms with Gasteiger partial charge in [-0.05, 0) is 30.2 Å². The first-order chi connectivity index (χ1) is 11.5. The number of benzene rings is 2. The van der Waals surface area contributed by atoms with Gasteiger partial charge in [0.1, 0.15) is 24.3 Å². The summed E-state index contributed by atoms with van der Waals surface area (Å²) < 4.78 is 10.9. The Morgan fingerprint density at radius 2 is 1.58 bits per heavy atom. The van der Waals surface area contributed by atoms with Gasteiger partial charge in [0.2, 0.25) is 0 Å². The molecule has 0 saturated heterocycles. The minimum atomic E-state index is -0.434. The van der Waals surface area contributed by atoms with Crippen LogP contribution < -0.4 is 9.64 Å². The van der Waals surface area contributed by atoms with Crippen molar-refractivity contribution in [1.82, 2.24) is 0 Å². The molecule has 2 atom stereocenters. The Bertz CT molecular complexity index is 638. The van der Waals surface area contributed by atoms with E-state index in [1.807, 2.05) is 75.6 Å². The third-order valence-corrected chi connectivity index (χ3v) is 3.83. The fourth-order valence-electron chi connectivity index (χ4n) is 2.79. The van der Waals surface area contributed by atoms with Crippen molar-refractivity contribution in [3.63, 3.8) is 0 Å². The lowest BCUT2D eigenvalue weighted by molar-refractivity contribution is -0.861. The zero-order chi connectivity index (χ0) is 17.5. The third-order valence-electron chi connectivity index (χ3n) is 3.83. The Hall–Kier alpha value is -2.33. The van der Waals surface area contributed by atoms with E-state index in [-0.39, 0.29) is 12.1 Å². The van der Waals surface area contributed by atoms with Crippen LogP contribution >= 0.6 is 0 Å². The van der Waals surface area contributed by atoms with Crippen LogP contribution in [-0.2, 0) is 9.53 Å². The van der Waals surface area contributed by atoms with Crippen LogP contribution in [0.4, 0.5) is 0 Å². The Balaban J connectivity index is 2.27. The van der Waals surface area contributed by atoms with Gasteiger partial charge in [-0.25, -0.2) is 0 Å². The van der Waals surface area contributed by atoms with Crippen LogP contribution in [0.1, 0.15) is 24.0 Å². The highest BCUT2D eigenvalue weighted by Gasteiger charge is 2.26. The summed E-state index contributed by atoms with van der Waals surface area (Å²) in [6.07, 6.45) is -0.132. The van der Waals surface area contributed by atoms with E-state index in [0.717, 1.165) is 23.4 Å². The van der Waals surface area contributed by atoms with Gasteiger partial charge < -0.3 is 14.4 Å². The Morgan fingerprint density at radius 3 is 2.12 bits per heavy atom. The van der Waals surface area contributed by atoms with Crippen LogP contribution in [0, 0.1) is 0 Å². The molecule has 1 N–H and O–H groups in total. The van der Waals surface area contributed by atoms with Crippen LogP contribution in [0.25, 0.3) is 0 Å². The number of quaternary nitrogens is 1. The van der Waals surface area contributed by atoms with Crippen molar-refractivity contribution in [2.75, 3.05) is 27.7 Å². The van der Waals surface area contributed by atoms with E-state index in [2.05, 4.69) is 0 Å². The normalized spacial score (nSPS) is 13.4. The Kier molecular flexibility index (Phi) is 6.38. The monoisotopic (exact) mass is 328 g/mol. The minimum Gasteiger partial charge on any atom is -0.497 e. The van der Waals surface area contributed by atoms with E-state index in [0.29, 0.717) is 0 Å². The predicted octanol–water partition coefficient (Wildman–Crippen LogP) is 1.90. The van der Waals surface area contributed by atoms with Gasteiger partial charge in [0.15, 0.2) is 0 Å². The summed E-state index contributed by atoms with van der Waals surface area (Å²) in [5.74, 6) is 0.111. The summed E-state index contributed by atoms with van der Waals surface area (Å²) >= 11 is 0. The number of methoxy groups -OCH3 is 1. The van der Waals surface area contributed by atoms with Gasteiger partial charge >= 0.3 is 5.97 Å². The van der Waals surface area contributed by atoms with Gasteiger partial charge in [0, 0.05) is 0 Å². The molecule has 0 radical (unpaired) electrons. The summed E-state index contributed by atoms with van der Waals surface area (Å²) in [6, 6.07) is 17.3. The summed E-state index contributed by atoms with van der Waals surface area (Å²) in [5.41, 5.74) is 1.83. The van der Waals surface area contributed by atoms with Crippen molar-refractivity contribution in [2.45, 2.75) is 18.9 Å². The van der Waals surface area contributed by atoms with Crippen LogP contribution in [0.5, 0.6) is 5.75 Å². The zero-order valence-electron chi connectivity index (χ0n) is 14.8. The lowest BCUT2D eigenvalue weighted by Crippen LogP contribution is -3.07. The van der Waals surface area contributed by atoms with E-state index < -0.39 is 5.92 Å². The molecule has 0 unspecified atom stereocenters. The van der Waals surface area contributed by atoms with Gasteiger partial charge in [0.25, 0.3) is 0 Å². The van der Waals surface area contributed by atoms with E-state index >= 15 is 0 Å². The maximum atomic E-state index is 12.8. The molecule has 0 spiro atoms. The van der Waals surface area contributed by atoms with Crippen LogP contribution in [0.15, 0.2) is 54.6 Å². The molecule has 2 aromatic carbocycles. The van der Waals surface area contributed by atoms with Crippen molar-refractivity contribution in [1.29, 1.82) is 0 Å². The summed E-state index contributed by atoms with van der Waals surface area (Å²) in [6.45, 7) is 2.71. The number of ether oxygens (including phenoxy) is 2. The average molecular weight is 328 g/mol. The molecule has 4 nitrogen and oxygen atoms in total. The molecular formula is C20H26NO3+. The van der Waals surface area contributed by atoms with E-state index in [9.17, 15) is 4.79 Å². The number of carbonyl (C=O) groups is 1. The number of nitrogens with one attached hydrogen (secondary N) is 1. The fraction of sp³-hybridized carbons (Fsp3) is 0.350. The van der Waals surface area contributed by atoms with E-state index in [1.165, 1.54) is 4.90 Å². The van der Waals surface area contributed by atoms with Gasteiger partial charge in [-0.3, -0.25) is 4.79 Å². The van der Waals surface area contributed by atoms with Crippen molar-refractivity contribution >= 4 is 5.97 Å². The molecule has 0 bridgehead atoms. The third kappa shape index (κ3) is 4.83. The largest absolute Gasteiger partial charge is 0.497 e. The summed E-state index contributed by atoms with van der Waals surface area (Å²) in [5, 5.41) is 0. The quantitative estimate of drug-likeness (QED) is 0.789. The fourth-order valence-corrected chi connectivity index (χ4v) is 2.79. The number of hydrogen-bond acceptors (Lipinski definition) is 3. The number of esters is 1. The maximum absolute atomic E-state index is 12.8. The summed E-state index contributed by atoms with van der Waals surface area (Å²) in [7, 11) is 5.72. The molecule has 0 aliphatic rings. The molecule has 24 heavy (non-hydrogen) atoms.